The van der Waals surface area contributed by atoms with Gasteiger partial charge in [0.2, 0.25) is 0 Å². The predicted molar refractivity (Wildman–Crippen MR) is 120 cm³/mol. The highest BCUT2D eigenvalue weighted by atomic mass is 32.1. The van der Waals surface area contributed by atoms with Gasteiger partial charge in [0, 0.05) is 22.8 Å². The van der Waals surface area contributed by atoms with Crippen LogP contribution < -0.4 is 10.1 Å². The molecule has 1 N–H and O–H groups in total. The number of methoxy groups -OCH3 is 3. The summed E-state index contributed by atoms with van der Waals surface area (Å²) in [5.74, 6) is -0.466. The van der Waals surface area contributed by atoms with Crippen LogP contribution >= 0.6 is 11.3 Å². The molecule has 0 aliphatic carbocycles. The molecule has 0 aliphatic rings. The Bertz CT molecular complexity index is 1170. The number of ether oxygens (including phenoxy) is 3. The highest BCUT2D eigenvalue weighted by Crippen LogP contribution is 2.27. The number of carbonyl (C=O) groups excluding carboxylic acids is 2. The van der Waals surface area contributed by atoms with Gasteiger partial charge in [0.15, 0.2) is 0 Å². The number of aromatic nitrogens is 1. The van der Waals surface area contributed by atoms with Gasteiger partial charge in [-0.3, -0.25) is 0 Å². The van der Waals surface area contributed by atoms with Crippen LogP contribution in [0.2, 0.25) is 0 Å². The first-order valence-electron chi connectivity index (χ1n) is 9.28. The fourth-order valence-corrected chi connectivity index (χ4v) is 3.57. The lowest BCUT2D eigenvalue weighted by Gasteiger charge is -2.08. The zero-order chi connectivity index (χ0) is 23.1. The van der Waals surface area contributed by atoms with Gasteiger partial charge in [-0.2, -0.15) is 5.26 Å². The van der Waals surface area contributed by atoms with E-state index in [4.69, 9.17) is 14.2 Å². The van der Waals surface area contributed by atoms with E-state index >= 15 is 0 Å². The first kappa shape index (κ1) is 22.5. The Morgan fingerprint density at radius 2 is 1.66 bits per heavy atom. The lowest BCUT2D eigenvalue weighted by molar-refractivity contribution is 0.0599. The van der Waals surface area contributed by atoms with Crippen molar-refractivity contribution in [2.45, 2.75) is 0 Å². The fraction of sp³-hybridized carbons (Fsp3) is 0.130. The van der Waals surface area contributed by atoms with Crippen LogP contribution in [0.4, 0.5) is 5.69 Å². The molecule has 0 unspecified atom stereocenters. The van der Waals surface area contributed by atoms with Gasteiger partial charge in [-0.1, -0.05) is 0 Å². The van der Waals surface area contributed by atoms with Crippen molar-refractivity contribution in [2.75, 3.05) is 26.6 Å². The first-order valence-corrected chi connectivity index (χ1v) is 10.2. The third-order valence-corrected chi connectivity index (χ3v) is 5.27. The second-order valence-electron chi connectivity index (χ2n) is 6.36. The third kappa shape index (κ3) is 5.11. The molecule has 8 nitrogen and oxygen atoms in total. The summed E-state index contributed by atoms with van der Waals surface area (Å²) in [6.45, 7) is 0. The van der Waals surface area contributed by atoms with Crippen molar-refractivity contribution in [2.24, 2.45) is 0 Å². The molecular weight excluding hydrogens is 430 g/mol. The smallest absolute Gasteiger partial charge is 0.337 e. The van der Waals surface area contributed by atoms with Gasteiger partial charge in [0.05, 0.1) is 38.2 Å². The Labute approximate surface area is 188 Å². The second kappa shape index (κ2) is 10.2. The molecule has 162 valence electrons. The van der Waals surface area contributed by atoms with Gasteiger partial charge in [-0.25, -0.2) is 14.6 Å². The maximum atomic E-state index is 11.9. The molecule has 3 aromatic rings. The minimum atomic E-state index is -0.604. The standard InChI is InChI=1S/C23H19N3O5S/c1-29-19-6-4-14(5-7-19)20-13-32-21(26-20)17(11-24)12-25-18-9-15(22(27)30-2)8-16(10-18)23(28)31-3/h4-10,12-13,25H,1-3H3. The van der Waals surface area contributed by atoms with E-state index in [2.05, 4.69) is 16.4 Å². The van der Waals surface area contributed by atoms with Crippen LogP contribution in [0.15, 0.2) is 54.0 Å². The number of benzene rings is 2. The molecule has 2 aromatic carbocycles. The lowest BCUT2D eigenvalue weighted by Crippen LogP contribution is -2.07. The monoisotopic (exact) mass is 449 g/mol. The van der Waals surface area contributed by atoms with Crippen LogP contribution in [0.1, 0.15) is 25.7 Å². The normalized spacial score (nSPS) is 10.8. The molecule has 1 aromatic heterocycles. The molecule has 0 spiro atoms. The molecule has 1 heterocycles. The van der Waals surface area contributed by atoms with Crippen molar-refractivity contribution in [3.05, 3.63) is 70.2 Å². The highest BCUT2D eigenvalue weighted by Gasteiger charge is 2.14. The Morgan fingerprint density at radius 3 is 2.19 bits per heavy atom. The number of nitrogens with zero attached hydrogens (tertiary/aromatic N) is 2. The summed E-state index contributed by atoms with van der Waals surface area (Å²) in [7, 11) is 4.09. The Kier molecular flexibility index (Phi) is 7.21. The first-order chi connectivity index (χ1) is 15.5. The minimum absolute atomic E-state index is 0.167. The van der Waals surface area contributed by atoms with E-state index in [1.165, 1.54) is 50.0 Å². The van der Waals surface area contributed by atoms with Crippen molar-refractivity contribution in [3.63, 3.8) is 0 Å². The average Bonchev–Trinajstić information content (AvgIpc) is 3.33. The Hall–Kier alpha value is -4.16. The van der Waals surface area contributed by atoms with Gasteiger partial charge in [0.1, 0.15) is 22.4 Å². The van der Waals surface area contributed by atoms with Gasteiger partial charge >= 0.3 is 11.9 Å². The van der Waals surface area contributed by atoms with E-state index < -0.39 is 11.9 Å². The SMILES string of the molecule is COC(=O)c1cc(NC=C(C#N)c2nc(-c3ccc(OC)cc3)cs2)cc(C(=O)OC)c1. The van der Waals surface area contributed by atoms with Crippen LogP contribution in [0.3, 0.4) is 0 Å². The Morgan fingerprint density at radius 1 is 1.03 bits per heavy atom. The predicted octanol–water partition coefficient (Wildman–Crippen LogP) is 4.37. The number of allylic oxidation sites excluding steroid dienone is 1. The molecule has 0 bridgehead atoms. The van der Waals surface area contributed by atoms with Gasteiger partial charge in [0.25, 0.3) is 0 Å². The molecule has 0 saturated heterocycles. The molecule has 0 amide bonds. The van der Waals surface area contributed by atoms with E-state index in [0.717, 1.165) is 17.0 Å². The molecule has 3 rings (SSSR count). The topological polar surface area (TPSA) is 111 Å². The summed E-state index contributed by atoms with van der Waals surface area (Å²) >= 11 is 1.32. The van der Waals surface area contributed by atoms with Crippen molar-refractivity contribution < 1.29 is 23.8 Å². The summed E-state index contributed by atoms with van der Waals surface area (Å²) < 4.78 is 14.6. The molecule has 0 saturated carbocycles. The minimum Gasteiger partial charge on any atom is -0.497 e. The van der Waals surface area contributed by atoms with Crippen molar-refractivity contribution in [1.82, 2.24) is 4.98 Å². The molecule has 0 fully saturated rings. The average molecular weight is 449 g/mol. The maximum Gasteiger partial charge on any atom is 0.337 e. The number of esters is 2. The number of rotatable bonds is 7. The van der Waals surface area contributed by atoms with Crippen LogP contribution in [0.25, 0.3) is 16.8 Å². The van der Waals surface area contributed by atoms with Crippen LogP contribution in [-0.2, 0) is 9.47 Å². The number of nitriles is 1. The largest absolute Gasteiger partial charge is 0.497 e. The van der Waals surface area contributed by atoms with Crippen molar-refractivity contribution >= 4 is 34.5 Å². The zero-order valence-corrected chi connectivity index (χ0v) is 18.4. The molecule has 0 atom stereocenters. The van der Waals surface area contributed by atoms with E-state index in [9.17, 15) is 14.9 Å². The maximum absolute atomic E-state index is 11.9. The summed E-state index contributed by atoms with van der Waals surface area (Å²) in [6, 6.07) is 14.0. The molecule has 0 radical (unpaired) electrons. The third-order valence-electron chi connectivity index (χ3n) is 4.40. The summed E-state index contributed by atoms with van der Waals surface area (Å²) in [6.07, 6.45) is 1.47. The van der Waals surface area contributed by atoms with E-state index in [-0.39, 0.29) is 16.7 Å². The quantitative estimate of drug-likeness (QED) is 0.418. The van der Waals surface area contributed by atoms with Crippen LogP contribution in [0.5, 0.6) is 5.75 Å². The number of anilines is 1. The Balaban J connectivity index is 1.87. The number of nitrogens with one attached hydrogen (secondary N) is 1. The van der Waals surface area contributed by atoms with E-state index in [1.807, 2.05) is 29.6 Å². The van der Waals surface area contributed by atoms with E-state index in [0.29, 0.717) is 10.7 Å². The van der Waals surface area contributed by atoms with E-state index in [1.54, 1.807) is 7.11 Å². The van der Waals surface area contributed by atoms with Crippen molar-refractivity contribution in [3.8, 4) is 23.1 Å². The number of carbonyl (C=O) groups is 2. The summed E-state index contributed by atoms with van der Waals surface area (Å²) in [5, 5.41) is 14.9. The molecular formula is C23H19N3O5S. The fourth-order valence-electron chi connectivity index (χ4n) is 2.77. The molecule has 32 heavy (non-hydrogen) atoms. The highest BCUT2D eigenvalue weighted by molar-refractivity contribution is 7.11. The lowest BCUT2D eigenvalue weighted by atomic mass is 10.1. The van der Waals surface area contributed by atoms with Gasteiger partial charge in [-0.05, 0) is 42.5 Å². The van der Waals surface area contributed by atoms with Crippen molar-refractivity contribution in [1.29, 1.82) is 5.26 Å². The summed E-state index contributed by atoms with van der Waals surface area (Å²) in [5.41, 5.74) is 2.66. The zero-order valence-electron chi connectivity index (χ0n) is 17.5. The van der Waals surface area contributed by atoms with Gasteiger partial charge < -0.3 is 19.5 Å². The number of hydrogen-bond acceptors (Lipinski definition) is 9. The van der Waals surface area contributed by atoms with Crippen LogP contribution in [-0.4, -0.2) is 38.3 Å². The second-order valence-corrected chi connectivity index (χ2v) is 7.22. The number of thiazole rings is 1. The number of hydrogen-bond donors (Lipinski definition) is 1. The summed E-state index contributed by atoms with van der Waals surface area (Å²) in [4.78, 5) is 28.4. The van der Waals surface area contributed by atoms with Crippen LogP contribution in [0, 0.1) is 11.3 Å². The molecule has 0 aliphatic heterocycles. The van der Waals surface area contributed by atoms with Gasteiger partial charge in [-0.15, -0.1) is 11.3 Å². The molecule has 9 heteroatoms.